The van der Waals surface area contributed by atoms with E-state index < -0.39 is 28.5 Å². The van der Waals surface area contributed by atoms with Crippen molar-refractivity contribution < 1.29 is 22.7 Å². The third-order valence-corrected chi connectivity index (χ3v) is 9.84. The van der Waals surface area contributed by atoms with E-state index >= 15 is 0 Å². The van der Waals surface area contributed by atoms with Crippen molar-refractivity contribution in [2.45, 2.75) is 69.5 Å². The topological polar surface area (TPSA) is 96.0 Å². The van der Waals surface area contributed by atoms with E-state index in [2.05, 4.69) is 5.32 Å². The van der Waals surface area contributed by atoms with Crippen LogP contribution in [0.1, 0.15) is 50.2 Å². The minimum Gasteiger partial charge on any atom is -0.495 e. The normalized spacial score (nSPS) is 14.6. The number of halogens is 1. The van der Waals surface area contributed by atoms with Gasteiger partial charge in [-0.25, -0.2) is 8.42 Å². The van der Waals surface area contributed by atoms with Crippen LogP contribution < -0.4 is 14.4 Å². The molecule has 0 heterocycles. The van der Waals surface area contributed by atoms with E-state index in [1.807, 2.05) is 31.2 Å². The molecule has 1 atom stereocenters. The summed E-state index contributed by atoms with van der Waals surface area (Å²) in [6.45, 7) is 3.24. The number of benzene rings is 3. The Balaban J connectivity index is 1.70. The first-order valence-electron chi connectivity index (χ1n) is 14.2. The van der Waals surface area contributed by atoms with Gasteiger partial charge in [0.2, 0.25) is 11.8 Å². The van der Waals surface area contributed by atoms with Crippen LogP contribution in [0.25, 0.3) is 0 Å². The van der Waals surface area contributed by atoms with Crippen LogP contribution in [0.2, 0.25) is 5.02 Å². The molecule has 0 unspecified atom stereocenters. The molecule has 1 saturated carbocycles. The highest BCUT2D eigenvalue weighted by molar-refractivity contribution is 7.92. The number of rotatable bonds is 11. The average molecular weight is 612 g/mol. The van der Waals surface area contributed by atoms with E-state index in [9.17, 15) is 18.0 Å². The molecule has 224 valence electrons. The number of amides is 2. The number of hydrogen-bond acceptors (Lipinski definition) is 5. The van der Waals surface area contributed by atoms with Crippen LogP contribution in [-0.2, 0) is 26.2 Å². The first kappa shape index (κ1) is 31.4. The molecule has 2 amide bonds. The zero-order valence-electron chi connectivity index (χ0n) is 24.3. The second kappa shape index (κ2) is 14.1. The predicted octanol–water partition coefficient (Wildman–Crippen LogP) is 5.72. The maximum Gasteiger partial charge on any atom is 0.264 e. The molecule has 0 aliphatic heterocycles. The van der Waals surface area contributed by atoms with Crippen molar-refractivity contribution in [3.05, 3.63) is 88.9 Å². The van der Waals surface area contributed by atoms with Gasteiger partial charge >= 0.3 is 0 Å². The number of nitrogens with one attached hydrogen (secondary N) is 1. The fourth-order valence-electron chi connectivity index (χ4n) is 5.18. The molecule has 42 heavy (non-hydrogen) atoms. The summed E-state index contributed by atoms with van der Waals surface area (Å²) < 4.78 is 34.2. The van der Waals surface area contributed by atoms with Crippen LogP contribution in [0.5, 0.6) is 5.75 Å². The second-order valence-corrected chi connectivity index (χ2v) is 12.9. The number of anilines is 1. The number of carbonyl (C=O) groups excluding carboxylic acids is 2. The first-order valence-corrected chi connectivity index (χ1v) is 16.0. The minimum atomic E-state index is -4.18. The number of nitrogens with zero attached hydrogens (tertiary/aromatic N) is 2. The second-order valence-electron chi connectivity index (χ2n) is 10.6. The average Bonchev–Trinajstić information content (AvgIpc) is 2.99. The van der Waals surface area contributed by atoms with Gasteiger partial charge in [0.1, 0.15) is 18.3 Å². The van der Waals surface area contributed by atoms with Gasteiger partial charge in [-0.15, -0.1) is 0 Å². The third-order valence-electron chi connectivity index (χ3n) is 7.75. The van der Waals surface area contributed by atoms with Crippen LogP contribution in [0.3, 0.4) is 0 Å². The largest absolute Gasteiger partial charge is 0.495 e. The van der Waals surface area contributed by atoms with Gasteiger partial charge in [0.25, 0.3) is 10.0 Å². The van der Waals surface area contributed by atoms with Gasteiger partial charge in [0.05, 0.1) is 22.7 Å². The maximum atomic E-state index is 14.1. The van der Waals surface area contributed by atoms with E-state index in [1.54, 1.807) is 37.3 Å². The van der Waals surface area contributed by atoms with Crippen molar-refractivity contribution in [1.29, 1.82) is 0 Å². The van der Waals surface area contributed by atoms with Crippen LogP contribution in [0, 0.1) is 6.92 Å². The maximum absolute atomic E-state index is 14.1. The van der Waals surface area contributed by atoms with Crippen LogP contribution >= 0.6 is 11.6 Å². The summed E-state index contributed by atoms with van der Waals surface area (Å²) in [5.41, 5.74) is 2.03. The Kier molecular flexibility index (Phi) is 10.5. The van der Waals surface area contributed by atoms with Crippen molar-refractivity contribution in [2.24, 2.45) is 0 Å². The van der Waals surface area contributed by atoms with E-state index in [0.717, 1.165) is 47.5 Å². The third kappa shape index (κ3) is 7.44. The molecule has 0 spiro atoms. The van der Waals surface area contributed by atoms with Crippen LogP contribution in [-0.4, -0.2) is 50.9 Å². The smallest absolute Gasteiger partial charge is 0.264 e. The van der Waals surface area contributed by atoms with Crippen molar-refractivity contribution >= 4 is 39.1 Å². The quantitative estimate of drug-likeness (QED) is 0.299. The molecular weight excluding hydrogens is 574 g/mol. The Morgan fingerprint density at radius 3 is 2.31 bits per heavy atom. The van der Waals surface area contributed by atoms with E-state index in [-0.39, 0.29) is 34.1 Å². The molecular formula is C32H38ClN3O5S. The monoisotopic (exact) mass is 611 g/mol. The van der Waals surface area contributed by atoms with Gasteiger partial charge in [-0.2, -0.15) is 0 Å². The number of hydrogen-bond donors (Lipinski definition) is 1. The summed E-state index contributed by atoms with van der Waals surface area (Å²) in [5.74, 6) is -0.400. The molecule has 3 aromatic rings. The van der Waals surface area contributed by atoms with E-state index in [4.69, 9.17) is 16.3 Å². The number of methoxy groups -OCH3 is 1. The standard InChI is InChI=1S/C32H38ClN3O5S/c1-23-12-10-11-13-25(23)21-35(24(2)32(38)34-26-14-6-4-7-15-26)31(37)22-36(27-18-19-30(41-3)29(33)20-27)42(39,40)28-16-8-5-9-17-28/h5,8-13,16-20,24,26H,4,6-7,14-15,21-22H2,1-3H3,(H,34,38)/t24-/m1/s1. The summed E-state index contributed by atoms with van der Waals surface area (Å²) in [5, 5.41) is 3.32. The highest BCUT2D eigenvalue weighted by Crippen LogP contribution is 2.32. The summed E-state index contributed by atoms with van der Waals surface area (Å²) in [6.07, 6.45) is 5.09. The Morgan fingerprint density at radius 2 is 1.67 bits per heavy atom. The fraction of sp³-hybridized carbons (Fsp3) is 0.375. The molecule has 0 bridgehead atoms. The van der Waals surface area contributed by atoms with Crippen molar-refractivity contribution in [3.8, 4) is 5.75 Å². The highest BCUT2D eigenvalue weighted by Gasteiger charge is 2.33. The lowest BCUT2D eigenvalue weighted by Gasteiger charge is -2.33. The summed E-state index contributed by atoms with van der Waals surface area (Å²) in [6, 6.07) is 19.3. The number of aryl methyl sites for hydroxylation is 1. The lowest BCUT2D eigenvalue weighted by Crippen LogP contribution is -2.53. The summed E-state index contributed by atoms with van der Waals surface area (Å²) in [7, 11) is -2.72. The zero-order valence-corrected chi connectivity index (χ0v) is 25.8. The first-order chi connectivity index (χ1) is 20.1. The van der Waals surface area contributed by atoms with E-state index in [0.29, 0.717) is 5.75 Å². The lowest BCUT2D eigenvalue weighted by atomic mass is 9.95. The van der Waals surface area contributed by atoms with Gasteiger partial charge < -0.3 is 15.0 Å². The number of ether oxygens (including phenoxy) is 1. The zero-order chi connectivity index (χ0) is 30.3. The molecule has 1 fully saturated rings. The minimum absolute atomic E-state index is 0.0262. The molecule has 1 N–H and O–H groups in total. The molecule has 0 radical (unpaired) electrons. The van der Waals surface area contributed by atoms with Crippen molar-refractivity contribution in [1.82, 2.24) is 10.2 Å². The number of sulfonamides is 1. The van der Waals surface area contributed by atoms with Crippen LogP contribution in [0.15, 0.2) is 77.7 Å². The summed E-state index contributed by atoms with van der Waals surface area (Å²) >= 11 is 6.38. The molecule has 0 saturated heterocycles. The van der Waals surface area contributed by atoms with Gasteiger partial charge in [0, 0.05) is 12.6 Å². The lowest BCUT2D eigenvalue weighted by molar-refractivity contribution is -0.139. The van der Waals surface area contributed by atoms with Crippen molar-refractivity contribution in [2.75, 3.05) is 18.0 Å². The fourth-order valence-corrected chi connectivity index (χ4v) is 6.86. The molecule has 4 rings (SSSR count). The number of carbonyl (C=O) groups is 2. The Morgan fingerprint density at radius 1 is 1.00 bits per heavy atom. The van der Waals surface area contributed by atoms with Gasteiger partial charge in [-0.05, 0) is 68.1 Å². The van der Waals surface area contributed by atoms with E-state index in [1.165, 1.54) is 30.2 Å². The summed E-state index contributed by atoms with van der Waals surface area (Å²) in [4.78, 5) is 29.1. The van der Waals surface area contributed by atoms with Gasteiger partial charge in [-0.1, -0.05) is 73.3 Å². The predicted molar refractivity (Wildman–Crippen MR) is 165 cm³/mol. The van der Waals surface area contributed by atoms with Crippen molar-refractivity contribution in [3.63, 3.8) is 0 Å². The Labute approximate surface area is 253 Å². The molecule has 3 aromatic carbocycles. The SMILES string of the molecule is COc1ccc(N(CC(=O)N(Cc2ccccc2C)[C@H](C)C(=O)NC2CCCCC2)S(=O)(=O)c2ccccc2)cc1Cl. The Hall–Kier alpha value is -3.56. The molecule has 1 aliphatic rings. The Bertz CT molecular complexity index is 1490. The van der Waals surface area contributed by atoms with Crippen LogP contribution in [0.4, 0.5) is 5.69 Å². The molecule has 10 heteroatoms. The van der Waals surface area contributed by atoms with Gasteiger partial charge in [0.15, 0.2) is 0 Å². The molecule has 1 aliphatic carbocycles. The van der Waals surface area contributed by atoms with Gasteiger partial charge in [-0.3, -0.25) is 13.9 Å². The highest BCUT2D eigenvalue weighted by atomic mass is 35.5. The molecule has 8 nitrogen and oxygen atoms in total. The molecule has 0 aromatic heterocycles.